The number of hydrogen-bond acceptors (Lipinski definition) is 2. The number of hydrogen-bond donors (Lipinski definition) is 0. The molecule has 5 heteroatoms. The van der Waals surface area contributed by atoms with E-state index in [1.54, 1.807) is 0 Å². The second-order valence-corrected chi connectivity index (χ2v) is 16.3. The molecule has 5 aromatic heterocycles. The van der Waals surface area contributed by atoms with Gasteiger partial charge in [-0.1, -0.05) is 115 Å². The van der Waals surface area contributed by atoms with Crippen molar-refractivity contribution in [3.63, 3.8) is 0 Å². The van der Waals surface area contributed by atoms with Gasteiger partial charge in [-0.05, 0) is 83.9 Å². The summed E-state index contributed by atoms with van der Waals surface area (Å²) in [4.78, 5) is 2.54. The standard InChI is InChI=1S/C50H31N3S2/c1-4-14-34(15-5-1)51-41-22-12-10-20-37(41)39-26-24-32(28-43(39)51)47-30-45-49(54-47)50-46(53(45)36-18-8-3-9-19-36)31-48(55-50)33-25-27-40-38-21-11-13-23-42(38)52(44(40)29-33)35-16-6-2-7-17-35/h1-31H. The second kappa shape index (κ2) is 11.9. The summed E-state index contributed by atoms with van der Waals surface area (Å²) in [5, 5.41) is 5.09. The predicted molar refractivity (Wildman–Crippen MR) is 236 cm³/mol. The van der Waals surface area contributed by atoms with E-state index in [4.69, 9.17) is 0 Å². The average molecular weight is 738 g/mol. The molecule has 0 atom stereocenters. The van der Waals surface area contributed by atoms with E-state index in [2.05, 4.69) is 202 Å². The number of thiophene rings is 2. The van der Waals surface area contributed by atoms with Crippen LogP contribution in [0.5, 0.6) is 0 Å². The summed E-state index contributed by atoms with van der Waals surface area (Å²) in [6.45, 7) is 0. The molecule has 12 aromatic rings. The third kappa shape index (κ3) is 4.61. The van der Waals surface area contributed by atoms with Crippen LogP contribution in [0.3, 0.4) is 0 Å². The van der Waals surface area contributed by atoms with Gasteiger partial charge in [0.25, 0.3) is 0 Å². The predicted octanol–water partition coefficient (Wildman–Crippen LogP) is 14.4. The lowest BCUT2D eigenvalue weighted by Gasteiger charge is -2.08. The molecular weight excluding hydrogens is 707 g/mol. The Morgan fingerprint density at radius 2 is 0.618 bits per heavy atom. The van der Waals surface area contributed by atoms with E-state index in [-0.39, 0.29) is 0 Å². The molecule has 0 aliphatic heterocycles. The highest BCUT2D eigenvalue weighted by atomic mass is 32.1. The van der Waals surface area contributed by atoms with Gasteiger partial charge in [-0.25, -0.2) is 0 Å². The van der Waals surface area contributed by atoms with Crippen molar-refractivity contribution in [2.24, 2.45) is 0 Å². The van der Waals surface area contributed by atoms with E-state index < -0.39 is 0 Å². The van der Waals surface area contributed by atoms with Crippen molar-refractivity contribution in [3.8, 4) is 37.9 Å². The van der Waals surface area contributed by atoms with Crippen LogP contribution in [0.25, 0.3) is 102 Å². The molecule has 3 nitrogen and oxygen atoms in total. The Kier molecular flexibility index (Phi) is 6.67. The fraction of sp³-hybridized carbons (Fsp3) is 0. The highest BCUT2D eigenvalue weighted by Gasteiger charge is 2.22. The van der Waals surface area contributed by atoms with Gasteiger partial charge in [0.1, 0.15) is 0 Å². The molecule has 0 aliphatic carbocycles. The van der Waals surface area contributed by atoms with Gasteiger partial charge in [0.05, 0.1) is 42.5 Å². The van der Waals surface area contributed by atoms with Crippen LogP contribution in [0.2, 0.25) is 0 Å². The molecule has 0 unspecified atom stereocenters. The molecule has 0 amide bonds. The third-order valence-electron chi connectivity index (χ3n) is 11.1. The highest BCUT2D eigenvalue weighted by Crippen LogP contribution is 2.48. The minimum atomic E-state index is 1.17. The van der Waals surface area contributed by atoms with Crippen molar-refractivity contribution in [1.29, 1.82) is 0 Å². The van der Waals surface area contributed by atoms with Crippen LogP contribution < -0.4 is 0 Å². The van der Waals surface area contributed by atoms with Gasteiger partial charge < -0.3 is 13.7 Å². The van der Waals surface area contributed by atoms with Crippen molar-refractivity contribution < 1.29 is 0 Å². The Labute approximate surface area is 324 Å². The van der Waals surface area contributed by atoms with Gasteiger partial charge in [-0.3, -0.25) is 0 Å². The first-order valence-corrected chi connectivity index (χ1v) is 20.2. The fourth-order valence-corrected chi connectivity index (χ4v) is 11.1. The summed E-state index contributed by atoms with van der Waals surface area (Å²) in [5.41, 5.74) is 13.4. The zero-order valence-electron chi connectivity index (χ0n) is 29.6. The largest absolute Gasteiger partial charge is 0.309 e. The Hall–Kier alpha value is -6.66. The summed E-state index contributed by atoms with van der Waals surface area (Å²) < 4.78 is 9.93. The van der Waals surface area contributed by atoms with Crippen molar-refractivity contribution >= 4 is 86.7 Å². The maximum absolute atomic E-state index is 2.46. The van der Waals surface area contributed by atoms with E-state index in [1.165, 1.54) is 102 Å². The first-order chi connectivity index (χ1) is 27.3. The molecule has 12 rings (SSSR count). The van der Waals surface area contributed by atoms with Crippen molar-refractivity contribution in [1.82, 2.24) is 13.7 Å². The summed E-state index contributed by atoms with van der Waals surface area (Å²) in [5.74, 6) is 0. The topological polar surface area (TPSA) is 14.8 Å². The monoisotopic (exact) mass is 737 g/mol. The molecule has 0 bridgehead atoms. The highest BCUT2D eigenvalue weighted by molar-refractivity contribution is 7.30. The van der Waals surface area contributed by atoms with E-state index >= 15 is 0 Å². The van der Waals surface area contributed by atoms with Crippen LogP contribution >= 0.6 is 22.7 Å². The average Bonchev–Trinajstić information content (AvgIpc) is 4.06. The van der Waals surface area contributed by atoms with Gasteiger partial charge in [-0.2, -0.15) is 0 Å². The van der Waals surface area contributed by atoms with Crippen LogP contribution in [0.15, 0.2) is 188 Å². The lowest BCUT2D eigenvalue weighted by molar-refractivity contribution is 1.18. The molecule has 5 heterocycles. The molecule has 0 fully saturated rings. The lowest BCUT2D eigenvalue weighted by Crippen LogP contribution is -1.93. The third-order valence-corrected chi connectivity index (χ3v) is 13.6. The maximum atomic E-state index is 2.46. The molecule has 7 aromatic carbocycles. The Balaban J connectivity index is 1.06. The molecule has 0 N–H and O–H groups in total. The van der Waals surface area contributed by atoms with Crippen LogP contribution in [0.4, 0.5) is 0 Å². The smallest absolute Gasteiger partial charge is 0.0711 e. The van der Waals surface area contributed by atoms with Crippen molar-refractivity contribution in [2.75, 3.05) is 0 Å². The molecule has 258 valence electrons. The Morgan fingerprint density at radius 3 is 1.04 bits per heavy atom. The van der Waals surface area contributed by atoms with E-state index in [1.807, 2.05) is 22.7 Å². The van der Waals surface area contributed by atoms with Crippen molar-refractivity contribution in [2.45, 2.75) is 0 Å². The minimum Gasteiger partial charge on any atom is -0.309 e. The normalized spacial score (nSPS) is 12.0. The SMILES string of the molecule is c1ccc(-n2c3ccccc3c3ccc(-c4cc5c(s4)c4sc(-c6ccc7c8ccccc8n(-c8ccccc8)c7c6)cc4n5-c4ccccc4)cc32)cc1. The Morgan fingerprint density at radius 1 is 0.273 bits per heavy atom. The summed E-state index contributed by atoms with van der Waals surface area (Å²) in [6.07, 6.45) is 0. The number of rotatable bonds is 5. The molecule has 0 saturated heterocycles. The van der Waals surface area contributed by atoms with E-state index in [0.717, 1.165) is 0 Å². The van der Waals surface area contributed by atoms with Gasteiger partial charge in [-0.15, -0.1) is 22.7 Å². The van der Waals surface area contributed by atoms with Gasteiger partial charge in [0.2, 0.25) is 0 Å². The van der Waals surface area contributed by atoms with Gasteiger partial charge in [0.15, 0.2) is 0 Å². The van der Waals surface area contributed by atoms with Gasteiger partial charge in [0, 0.05) is 48.4 Å². The quantitative estimate of drug-likeness (QED) is 0.167. The maximum Gasteiger partial charge on any atom is 0.0711 e. The summed E-state index contributed by atoms with van der Waals surface area (Å²) in [7, 11) is 0. The van der Waals surface area contributed by atoms with Crippen LogP contribution in [-0.4, -0.2) is 13.7 Å². The first-order valence-electron chi connectivity index (χ1n) is 18.6. The minimum absolute atomic E-state index is 1.17. The molecule has 55 heavy (non-hydrogen) atoms. The second-order valence-electron chi connectivity index (χ2n) is 14.2. The van der Waals surface area contributed by atoms with E-state index in [0.29, 0.717) is 0 Å². The lowest BCUT2D eigenvalue weighted by atomic mass is 10.1. The Bertz CT molecular complexity index is 3200. The number of benzene rings is 7. The molecule has 0 radical (unpaired) electrons. The number of nitrogens with zero attached hydrogens (tertiary/aromatic N) is 3. The number of aromatic nitrogens is 3. The van der Waals surface area contributed by atoms with Crippen LogP contribution in [0.1, 0.15) is 0 Å². The summed E-state index contributed by atoms with van der Waals surface area (Å²) >= 11 is 3.80. The zero-order chi connectivity index (χ0) is 36.0. The molecule has 0 spiro atoms. The van der Waals surface area contributed by atoms with Crippen molar-refractivity contribution in [3.05, 3.63) is 188 Å². The van der Waals surface area contributed by atoms with Crippen LogP contribution in [-0.2, 0) is 0 Å². The summed E-state index contributed by atoms with van der Waals surface area (Å²) in [6, 6.07) is 68.6. The number of para-hydroxylation sites is 5. The number of fused-ring (bicyclic) bond motifs is 9. The first kappa shape index (κ1) is 30.8. The molecular formula is C50H31N3S2. The molecule has 0 aliphatic rings. The van der Waals surface area contributed by atoms with Gasteiger partial charge >= 0.3 is 0 Å². The van der Waals surface area contributed by atoms with E-state index in [9.17, 15) is 0 Å². The van der Waals surface area contributed by atoms with Crippen LogP contribution in [0, 0.1) is 0 Å². The fourth-order valence-electron chi connectivity index (χ4n) is 8.65. The molecule has 0 saturated carbocycles. The zero-order valence-corrected chi connectivity index (χ0v) is 31.2.